The molecule has 164 valence electrons. The number of hydrogen-bond donors (Lipinski definition) is 0. The molecule has 0 radical (unpaired) electrons. The Morgan fingerprint density at radius 3 is 2.30 bits per heavy atom. The van der Waals surface area contributed by atoms with Crippen LogP contribution in [0.25, 0.3) is 0 Å². The molecule has 1 atom stereocenters. The Balaban J connectivity index is 1.36. The van der Waals surface area contributed by atoms with Crippen LogP contribution in [0.3, 0.4) is 0 Å². The molecular formula is C23H33N3O4. The zero-order chi connectivity index (χ0) is 21.7. The lowest BCUT2D eigenvalue weighted by molar-refractivity contribution is -0.142. The standard InChI is InChI=1S/C23H33N3O4/c1-17(2)26-16-19(15-22(26)28)23(29)25-12-10-24(11-13-25)21(27)5-4-14-30-20-8-6-18(3)7-9-20/h6-9,17,19H,4-5,10-16H2,1-3H3. The third-order valence-corrected chi connectivity index (χ3v) is 5.90. The molecule has 1 unspecified atom stereocenters. The lowest BCUT2D eigenvalue weighted by atomic mass is 10.1. The first-order valence-electron chi connectivity index (χ1n) is 10.9. The SMILES string of the molecule is Cc1ccc(OCCCC(=O)N2CCN(C(=O)C3CC(=O)N(C(C)C)C3)CC2)cc1. The molecule has 0 aromatic heterocycles. The van der Waals surface area contributed by atoms with E-state index in [0.717, 1.165) is 5.75 Å². The van der Waals surface area contributed by atoms with Gasteiger partial charge in [0.15, 0.2) is 0 Å². The van der Waals surface area contributed by atoms with Crippen molar-refractivity contribution in [1.82, 2.24) is 14.7 Å². The highest BCUT2D eigenvalue weighted by Crippen LogP contribution is 2.23. The van der Waals surface area contributed by atoms with E-state index >= 15 is 0 Å². The van der Waals surface area contributed by atoms with Gasteiger partial charge in [-0.25, -0.2) is 0 Å². The van der Waals surface area contributed by atoms with Gasteiger partial charge in [-0.05, 0) is 39.3 Å². The Bertz CT molecular complexity index is 754. The smallest absolute Gasteiger partial charge is 0.228 e. The van der Waals surface area contributed by atoms with Gasteiger partial charge >= 0.3 is 0 Å². The van der Waals surface area contributed by atoms with Gasteiger partial charge in [-0.3, -0.25) is 14.4 Å². The molecule has 3 amide bonds. The maximum Gasteiger partial charge on any atom is 0.228 e. The molecule has 0 saturated carbocycles. The van der Waals surface area contributed by atoms with Crippen LogP contribution in [0.4, 0.5) is 0 Å². The molecule has 0 spiro atoms. The van der Waals surface area contributed by atoms with Crippen LogP contribution < -0.4 is 4.74 Å². The number of nitrogens with zero attached hydrogens (tertiary/aromatic N) is 3. The molecule has 3 rings (SSSR count). The second-order valence-electron chi connectivity index (χ2n) is 8.51. The van der Waals surface area contributed by atoms with Crippen molar-refractivity contribution in [3.05, 3.63) is 29.8 Å². The van der Waals surface area contributed by atoms with E-state index in [-0.39, 0.29) is 29.7 Å². The number of benzene rings is 1. The van der Waals surface area contributed by atoms with Gasteiger partial charge in [-0.15, -0.1) is 0 Å². The highest BCUT2D eigenvalue weighted by Gasteiger charge is 2.38. The second kappa shape index (κ2) is 9.96. The van der Waals surface area contributed by atoms with E-state index in [4.69, 9.17) is 4.74 Å². The second-order valence-corrected chi connectivity index (χ2v) is 8.51. The van der Waals surface area contributed by atoms with E-state index in [1.807, 2.05) is 54.8 Å². The average molecular weight is 416 g/mol. The summed E-state index contributed by atoms with van der Waals surface area (Å²) in [5.74, 6) is 0.787. The van der Waals surface area contributed by atoms with Crippen molar-refractivity contribution >= 4 is 17.7 Å². The lowest BCUT2D eigenvalue weighted by Crippen LogP contribution is -2.52. The van der Waals surface area contributed by atoms with Crippen LogP contribution in [0.15, 0.2) is 24.3 Å². The van der Waals surface area contributed by atoms with Crippen LogP contribution in [0.2, 0.25) is 0 Å². The quantitative estimate of drug-likeness (QED) is 0.640. The number of aryl methyl sites for hydroxylation is 1. The topological polar surface area (TPSA) is 70.2 Å². The van der Waals surface area contributed by atoms with Crippen LogP contribution in [0.1, 0.15) is 38.7 Å². The van der Waals surface area contributed by atoms with Gasteiger partial charge in [-0.2, -0.15) is 0 Å². The van der Waals surface area contributed by atoms with E-state index in [9.17, 15) is 14.4 Å². The zero-order valence-corrected chi connectivity index (χ0v) is 18.3. The molecule has 7 nitrogen and oxygen atoms in total. The fourth-order valence-electron chi connectivity index (χ4n) is 4.04. The van der Waals surface area contributed by atoms with Crippen molar-refractivity contribution in [2.45, 2.75) is 46.1 Å². The first kappa shape index (κ1) is 22.1. The summed E-state index contributed by atoms with van der Waals surface area (Å²) in [6.45, 7) is 9.18. The van der Waals surface area contributed by atoms with E-state index < -0.39 is 0 Å². The van der Waals surface area contributed by atoms with Crippen molar-refractivity contribution in [2.75, 3.05) is 39.3 Å². The molecule has 2 saturated heterocycles. The molecule has 7 heteroatoms. The van der Waals surface area contributed by atoms with Crippen LogP contribution in [-0.2, 0) is 14.4 Å². The van der Waals surface area contributed by atoms with Gasteiger partial charge in [0, 0.05) is 51.6 Å². The first-order chi connectivity index (χ1) is 14.3. The summed E-state index contributed by atoms with van der Waals surface area (Å²) >= 11 is 0. The van der Waals surface area contributed by atoms with E-state index in [1.165, 1.54) is 5.56 Å². The Morgan fingerprint density at radius 1 is 1.07 bits per heavy atom. The summed E-state index contributed by atoms with van der Waals surface area (Å²) in [7, 11) is 0. The van der Waals surface area contributed by atoms with Crippen molar-refractivity contribution < 1.29 is 19.1 Å². The number of carbonyl (C=O) groups is 3. The minimum Gasteiger partial charge on any atom is -0.494 e. The van der Waals surface area contributed by atoms with Gasteiger partial charge in [0.05, 0.1) is 12.5 Å². The number of ether oxygens (including phenoxy) is 1. The van der Waals surface area contributed by atoms with E-state index in [2.05, 4.69) is 0 Å². The van der Waals surface area contributed by atoms with Crippen LogP contribution >= 0.6 is 0 Å². The lowest BCUT2D eigenvalue weighted by Gasteiger charge is -2.36. The van der Waals surface area contributed by atoms with Gasteiger partial charge in [-0.1, -0.05) is 17.7 Å². The van der Waals surface area contributed by atoms with Gasteiger partial charge in [0.25, 0.3) is 0 Å². The van der Waals surface area contributed by atoms with Gasteiger partial charge < -0.3 is 19.4 Å². The molecule has 2 heterocycles. The predicted octanol–water partition coefficient (Wildman–Crippen LogP) is 2.08. The number of piperazine rings is 1. The molecule has 30 heavy (non-hydrogen) atoms. The van der Waals surface area contributed by atoms with Crippen molar-refractivity contribution in [2.24, 2.45) is 5.92 Å². The molecule has 1 aromatic rings. The minimum absolute atomic E-state index is 0.0464. The number of rotatable bonds is 7. The van der Waals surface area contributed by atoms with Crippen LogP contribution in [0, 0.1) is 12.8 Å². The predicted molar refractivity (Wildman–Crippen MR) is 114 cm³/mol. The highest BCUT2D eigenvalue weighted by atomic mass is 16.5. The summed E-state index contributed by atoms with van der Waals surface area (Å²) in [6.07, 6.45) is 1.42. The Hall–Kier alpha value is -2.57. The first-order valence-corrected chi connectivity index (χ1v) is 10.9. The van der Waals surface area contributed by atoms with Gasteiger partial charge in [0.1, 0.15) is 5.75 Å². The zero-order valence-electron chi connectivity index (χ0n) is 18.3. The molecule has 0 aliphatic carbocycles. The molecular weight excluding hydrogens is 382 g/mol. The number of amides is 3. The Labute approximate surface area is 179 Å². The summed E-state index contributed by atoms with van der Waals surface area (Å²) < 4.78 is 5.68. The van der Waals surface area contributed by atoms with Crippen LogP contribution in [0.5, 0.6) is 5.75 Å². The monoisotopic (exact) mass is 415 g/mol. The normalized spacial score (nSPS) is 19.5. The van der Waals surface area contributed by atoms with Gasteiger partial charge in [0.2, 0.25) is 17.7 Å². The molecule has 2 fully saturated rings. The molecule has 0 N–H and O–H groups in total. The number of hydrogen-bond acceptors (Lipinski definition) is 4. The fourth-order valence-corrected chi connectivity index (χ4v) is 4.04. The molecule has 2 aliphatic rings. The molecule has 2 aliphatic heterocycles. The third-order valence-electron chi connectivity index (χ3n) is 5.90. The summed E-state index contributed by atoms with van der Waals surface area (Å²) in [4.78, 5) is 42.7. The van der Waals surface area contributed by atoms with Crippen molar-refractivity contribution in [3.8, 4) is 5.75 Å². The minimum atomic E-state index is -0.249. The largest absolute Gasteiger partial charge is 0.494 e. The molecule has 1 aromatic carbocycles. The Morgan fingerprint density at radius 2 is 1.70 bits per heavy atom. The summed E-state index contributed by atoms with van der Waals surface area (Å²) in [5, 5.41) is 0. The summed E-state index contributed by atoms with van der Waals surface area (Å²) in [6, 6.07) is 8.00. The molecule has 0 bridgehead atoms. The van der Waals surface area contributed by atoms with Crippen LogP contribution in [-0.4, -0.2) is 77.8 Å². The number of carbonyl (C=O) groups excluding carboxylic acids is 3. The van der Waals surface area contributed by atoms with Crippen molar-refractivity contribution in [3.63, 3.8) is 0 Å². The maximum atomic E-state index is 12.8. The number of likely N-dealkylation sites (tertiary alicyclic amines) is 1. The maximum absolute atomic E-state index is 12.8. The highest BCUT2D eigenvalue weighted by molar-refractivity contribution is 5.89. The average Bonchev–Trinajstić information content (AvgIpc) is 3.14. The Kier molecular flexibility index (Phi) is 7.34. The third kappa shape index (κ3) is 5.52. The summed E-state index contributed by atoms with van der Waals surface area (Å²) in [5.41, 5.74) is 1.19. The fraction of sp³-hybridized carbons (Fsp3) is 0.609. The van der Waals surface area contributed by atoms with E-state index in [1.54, 1.807) is 4.90 Å². The van der Waals surface area contributed by atoms with Crippen molar-refractivity contribution in [1.29, 1.82) is 0 Å². The van der Waals surface area contributed by atoms with E-state index in [0.29, 0.717) is 58.6 Å².